The van der Waals surface area contributed by atoms with Crippen molar-refractivity contribution in [3.63, 3.8) is 0 Å². The summed E-state index contributed by atoms with van der Waals surface area (Å²) in [5.41, 5.74) is 4.33. The van der Waals surface area contributed by atoms with Crippen LogP contribution in [0, 0.1) is 13.8 Å². The van der Waals surface area contributed by atoms with Gasteiger partial charge in [0.1, 0.15) is 5.75 Å². The van der Waals surface area contributed by atoms with Gasteiger partial charge in [0.15, 0.2) is 11.7 Å². The fourth-order valence-corrected chi connectivity index (χ4v) is 3.31. The Kier molecular flexibility index (Phi) is 6.29. The number of hydrogen-bond donors (Lipinski definition) is 2. The first kappa shape index (κ1) is 19.2. The molecule has 1 aliphatic rings. The lowest BCUT2D eigenvalue weighted by Gasteiger charge is -2.22. The van der Waals surface area contributed by atoms with Gasteiger partial charge in [0.2, 0.25) is 0 Å². The van der Waals surface area contributed by atoms with E-state index in [9.17, 15) is 4.79 Å². The number of hydrogen-bond acceptors (Lipinski definition) is 4. The highest BCUT2D eigenvalue weighted by atomic mass is 32.1. The number of para-hydroxylation sites is 2. The number of aryl methyl sites for hydroxylation is 2. The number of anilines is 2. The minimum atomic E-state index is -0.288. The van der Waals surface area contributed by atoms with Crippen LogP contribution in [0.15, 0.2) is 42.5 Å². The Labute approximate surface area is 165 Å². The van der Waals surface area contributed by atoms with Gasteiger partial charge in [-0.2, -0.15) is 0 Å². The number of ether oxygens (including phenoxy) is 1. The molecule has 0 spiro atoms. The third-order valence-electron chi connectivity index (χ3n) is 4.70. The molecule has 5 nitrogen and oxygen atoms in total. The third kappa shape index (κ3) is 5.20. The van der Waals surface area contributed by atoms with E-state index in [0.29, 0.717) is 5.75 Å². The molecule has 0 unspecified atom stereocenters. The molecular formula is C21H25N3O2S. The first-order valence-corrected chi connectivity index (χ1v) is 9.58. The second-order valence-electron chi connectivity index (χ2n) is 6.75. The normalized spacial score (nSPS) is 13.3. The highest BCUT2D eigenvalue weighted by Crippen LogP contribution is 2.28. The molecule has 2 N–H and O–H groups in total. The largest absolute Gasteiger partial charge is 0.484 e. The summed E-state index contributed by atoms with van der Waals surface area (Å²) < 4.78 is 5.55. The maximum absolute atomic E-state index is 12.1. The van der Waals surface area contributed by atoms with Crippen molar-refractivity contribution in [3.8, 4) is 5.75 Å². The fourth-order valence-electron chi connectivity index (χ4n) is 3.08. The number of nitrogens with zero attached hydrogens (tertiary/aromatic N) is 1. The summed E-state index contributed by atoms with van der Waals surface area (Å²) in [6.45, 7) is 6.05. The van der Waals surface area contributed by atoms with E-state index < -0.39 is 0 Å². The number of carbonyl (C=O) groups excluding carboxylic acids is 1. The minimum Gasteiger partial charge on any atom is -0.484 e. The summed E-state index contributed by atoms with van der Waals surface area (Å²) >= 11 is 5.30. The molecule has 0 atom stereocenters. The quantitative estimate of drug-likeness (QED) is 0.770. The monoisotopic (exact) mass is 383 g/mol. The Hall–Kier alpha value is -2.60. The predicted molar refractivity (Wildman–Crippen MR) is 114 cm³/mol. The van der Waals surface area contributed by atoms with Crippen molar-refractivity contribution >= 4 is 34.6 Å². The van der Waals surface area contributed by atoms with Crippen LogP contribution >= 0.6 is 12.2 Å². The molecule has 2 aromatic rings. The Morgan fingerprint density at radius 3 is 2.59 bits per heavy atom. The molecule has 1 amide bonds. The zero-order valence-electron chi connectivity index (χ0n) is 15.7. The Morgan fingerprint density at radius 2 is 1.85 bits per heavy atom. The van der Waals surface area contributed by atoms with Crippen molar-refractivity contribution in [1.29, 1.82) is 0 Å². The molecule has 2 aromatic carbocycles. The highest BCUT2D eigenvalue weighted by Gasteiger charge is 2.16. The summed E-state index contributed by atoms with van der Waals surface area (Å²) in [5, 5.41) is 6.09. The lowest BCUT2D eigenvalue weighted by atomic mass is 10.1. The van der Waals surface area contributed by atoms with Gasteiger partial charge in [0.25, 0.3) is 5.91 Å². The smallest absolute Gasteiger partial charge is 0.264 e. The van der Waals surface area contributed by atoms with E-state index in [1.807, 2.05) is 50.2 Å². The standard InChI is InChI=1S/C21H25N3O2S/c1-15-9-10-17(13-16(15)2)26-14-20(25)23-21(27)22-18-7-3-4-8-19(18)24-11-5-6-12-24/h3-4,7-10,13H,5-6,11-12,14H2,1-2H3,(H2,22,23,25,27). The van der Waals surface area contributed by atoms with E-state index >= 15 is 0 Å². The van der Waals surface area contributed by atoms with E-state index in [2.05, 4.69) is 21.6 Å². The molecule has 1 heterocycles. The summed E-state index contributed by atoms with van der Waals surface area (Å²) in [6, 6.07) is 13.8. The number of amides is 1. The van der Waals surface area contributed by atoms with Gasteiger partial charge in [-0.1, -0.05) is 18.2 Å². The molecule has 0 saturated carbocycles. The van der Waals surface area contributed by atoms with Gasteiger partial charge >= 0.3 is 0 Å². The number of benzene rings is 2. The molecule has 0 bridgehead atoms. The van der Waals surface area contributed by atoms with Crippen LogP contribution in [-0.4, -0.2) is 30.7 Å². The first-order valence-electron chi connectivity index (χ1n) is 9.18. The molecular weight excluding hydrogens is 358 g/mol. The van der Waals surface area contributed by atoms with Crippen LogP contribution in [0.4, 0.5) is 11.4 Å². The summed E-state index contributed by atoms with van der Waals surface area (Å²) in [6.07, 6.45) is 2.40. The molecule has 0 aliphatic carbocycles. The van der Waals surface area contributed by atoms with Crippen LogP contribution in [0.5, 0.6) is 5.75 Å². The van der Waals surface area contributed by atoms with E-state index in [-0.39, 0.29) is 17.6 Å². The Morgan fingerprint density at radius 1 is 1.11 bits per heavy atom. The highest BCUT2D eigenvalue weighted by molar-refractivity contribution is 7.80. The summed E-state index contributed by atoms with van der Waals surface area (Å²) in [4.78, 5) is 14.5. The Bertz CT molecular complexity index is 832. The predicted octanol–water partition coefficient (Wildman–Crippen LogP) is 3.80. The van der Waals surface area contributed by atoms with Crippen LogP contribution < -0.4 is 20.3 Å². The molecule has 6 heteroatoms. The molecule has 1 fully saturated rings. The topological polar surface area (TPSA) is 53.6 Å². The molecule has 27 heavy (non-hydrogen) atoms. The molecule has 1 saturated heterocycles. The van der Waals surface area contributed by atoms with Crippen LogP contribution in [0.25, 0.3) is 0 Å². The fraction of sp³-hybridized carbons (Fsp3) is 0.333. The van der Waals surface area contributed by atoms with E-state index in [0.717, 1.165) is 30.0 Å². The van der Waals surface area contributed by atoms with Crippen LogP contribution in [0.3, 0.4) is 0 Å². The number of thiocarbonyl (C=S) groups is 1. The number of nitrogens with one attached hydrogen (secondary N) is 2. The number of carbonyl (C=O) groups is 1. The zero-order valence-corrected chi connectivity index (χ0v) is 16.6. The van der Waals surface area contributed by atoms with Gasteiger partial charge in [0.05, 0.1) is 11.4 Å². The molecule has 0 aromatic heterocycles. The average Bonchev–Trinajstić information content (AvgIpc) is 3.17. The lowest BCUT2D eigenvalue weighted by Crippen LogP contribution is -2.37. The van der Waals surface area contributed by atoms with Crippen molar-refractivity contribution in [3.05, 3.63) is 53.6 Å². The van der Waals surface area contributed by atoms with Gasteiger partial charge < -0.3 is 15.0 Å². The first-order chi connectivity index (χ1) is 13.0. The SMILES string of the molecule is Cc1ccc(OCC(=O)NC(=S)Nc2ccccc2N2CCCC2)cc1C. The van der Waals surface area contributed by atoms with Crippen molar-refractivity contribution in [2.45, 2.75) is 26.7 Å². The van der Waals surface area contributed by atoms with Crippen LogP contribution in [0.1, 0.15) is 24.0 Å². The van der Waals surface area contributed by atoms with Gasteiger partial charge in [-0.25, -0.2) is 0 Å². The maximum Gasteiger partial charge on any atom is 0.264 e. The summed E-state index contributed by atoms with van der Waals surface area (Å²) in [5.74, 6) is 0.385. The van der Waals surface area contributed by atoms with E-state index in [1.165, 1.54) is 18.4 Å². The lowest BCUT2D eigenvalue weighted by molar-refractivity contribution is -0.121. The van der Waals surface area contributed by atoms with E-state index in [1.54, 1.807) is 0 Å². The maximum atomic E-state index is 12.1. The Balaban J connectivity index is 1.53. The average molecular weight is 384 g/mol. The van der Waals surface area contributed by atoms with Gasteiger partial charge in [-0.05, 0) is 74.3 Å². The number of rotatable bonds is 5. The van der Waals surface area contributed by atoms with Crippen molar-refractivity contribution in [1.82, 2.24) is 5.32 Å². The second kappa shape index (κ2) is 8.86. The second-order valence-corrected chi connectivity index (χ2v) is 7.16. The molecule has 142 valence electrons. The summed E-state index contributed by atoms with van der Waals surface area (Å²) in [7, 11) is 0. The van der Waals surface area contributed by atoms with Gasteiger partial charge in [0, 0.05) is 13.1 Å². The van der Waals surface area contributed by atoms with Crippen LogP contribution in [-0.2, 0) is 4.79 Å². The van der Waals surface area contributed by atoms with Crippen LogP contribution in [0.2, 0.25) is 0 Å². The molecule has 1 aliphatic heterocycles. The third-order valence-corrected chi connectivity index (χ3v) is 4.90. The van der Waals surface area contributed by atoms with Crippen molar-refractivity contribution in [2.24, 2.45) is 0 Å². The van der Waals surface area contributed by atoms with E-state index in [4.69, 9.17) is 17.0 Å². The minimum absolute atomic E-state index is 0.0852. The van der Waals surface area contributed by atoms with Crippen molar-refractivity contribution < 1.29 is 9.53 Å². The van der Waals surface area contributed by atoms with Gasteiger partial charge in [-0.15, -0.1) is 0 Å². The molecule has 3 rings (SSSR count). The van der Waals surface area contributed by atoms with Crippen molar-refractivity contribution in [2.75, 3.05) is 29.9 Å². The molecule has 0 radical (unpaired) electrons. The van der Waals surface area contributed by atoms with Gasteiger partial charge in [-0.3, -0.25) is 10.1 Å². The zero-order chi connectivity index (χ0) is 19.2.